The summed E-state index contributed by atoms with van der Waals surface area (Å²) in [6.07, 6.45) is 10.1. The summed E-state index contributed by atoms with van der Waals surface area (Å²) in [7, 11) is 0. The van der Waals surface area contributed by atoms with Gasteiger partial charge in [0, 0.05) is 29.7 Å². The summed E-state index contributed by atoms with van der Waals surface area (Å²) in [5.41, 5.74) is 7.26. The van der Waals surface area contributed by atoms with Crippen LogP contribution >= 0.6 is 0 Å². The van der Waals surface area contributed by atoms with Gasteiger partial charge in [-0.1, -0.05) is 6.07 Å². The number of carbonyl (C=O) groups is 1. The molecule has 2 rings (SSSR count). The number of primary amides is 1. The molecule has 0 spiro atoms. The number of terminal acetylenes is 1. The number of rotatable bonds is 2. The molecule has 4 nitrogen and oxygen atoms in total. The number of aromatic nitrogens is 2. The second-order valence-electron chi connectivity index (χ2n) is 3.33. The highest BCUT2D eigenvalue weighted by Crippen LogP contribution is 2.23. The molecule has 2 heterocycles. The lowest BCUT2D eigenvalue weighted by atomic mass is 10.0. The van der Waals surface area contributed by atoms with E-state index in [0.717, 1.165) is 5.56 Å². The van der Waals surface area contributed by atoms with Crippen molar-refractivity contribution in [3.8, 4) is 23.5 Å². The molecule has 2 N–H and O–H groups in total. The molecular weight excluding hydrogens is 214 g/mol. The van der Waals surface area contributed by atoms with Crippen molar-refractivity contribution in [2.45, 2.75) is 0 Å². The Kier molecular flexibility index (Phi) is 2.84. The van der Waals surface area contributed by atoms with E-state index >= 15 is 0 Å². The molecule has 0 unspecified atom stereocenters. The Morgan fingerprint density at radius 3 is 2.76 bits per heavy atom. The molecule has 0 fully saturated rings. The van der Waals surface area contributed by atoms with Crippen LogP contribution < -0.4 is 5.73 Å². The zero-order chi connectivity index (χ0) is 12.3. The third kappa shape index (κ3) is 1.99. The average molecular weight is 223 g/mol. The summed E-state index contributed by atoms with van der Waals surface area (Å²) in [5, 5.41) is 0. The number of hydrogen-bond acceptors (Lipinski definition) is 3. The smallest absolute Gasteiger partial charge is 0.252 e. The first kappa shape index (κ1) is 10.8. The maximum atomic E-state index is 11.4. The van der Waals surface area contributed by atoms with Crippen molar-refractivity contribution in [3.63, 3.8) is 0 Å². The lowest BCUT2D eigenvalue weighted by Crippen LogP contribution is -2.15. The third-order valence-electron chi connectivity index (χ3n) is 2.31. The van der Waals surface area contributed by atoms with Gasteiger partial charge in [0.25, 0.3) is 5.91 Å². The van der Waals surface area contributed by atoms with Crippen molar-refractivity contribution in [2.75, 3.05) is 0 Å². The van der Waals surface area contributed by atoms with Crippen LogP contribution in [-0.4, -0.2) is 15.9 Å². The normalized spacial score (nSPS) is 9.59. The van der Waals surface area contributed by atoms with Gasteiger partial charge in [0.2, 0.25) is 0 Å². The fraction of sp³-hybridized carbons (Fsp3) is 0. The molecule has 0 aliphatic rings. The summed E-state index contributed by atoms with van der Waals surface area (Å²) in [6.45, 7) is 0. The number of carbonyl (C=O) groups excluding carboxylic acids is 1. The summed E-state index contributed by atoms with van der Waals surface area (Å²) in [6, 6.07) is 5.29. The fourth-order valence-corrected chi connectivity index (χ4v) is 1.58. The van der Waals surface area contributed by atoms with Gasteiger partial charge in [-0.05, 0) is 18.1 Å². The van der Waals surface area contributed by atoms with Crippen molar-refractivity contribution in [2.24, 2.45) is 5.73 Å². The number of amides is 1. The van der Waals surface area contributed by atoms with Crippen LogP contribution in [0.1, 0.15) is 16.1 Å². The van der Waals surface area contributed by atoms with Gasteiger partial charge in [-0.15, -0.1) is 6.42 Å². The van der Waals surface area contributed by atoms with Crippen LogP contribution in [0.3, 0.4) is 0 Å². The molecule has 0 atom stereocenters. The summed E-state index contributed by atoms with van der Waals surface area (Å²) in [4.78, 5) is 19.4. The van der Waals surface area contributed by atoms with E-state index in [2.05, 4.69) is 15.9 Å². The molecule has 0 aromatic carbocycles. The highest BCUT2D eigenvalue weighted by molar-refractivity contribution is 6.01. The lowest BCUT2D eigenvalue weighted by Gasteiger charge is -2.07. The standard InChI is InChI=1S/C13H9N3O/c1-2-11-12(13(14)17)10(5-7-16-11)9-4-3-6-15-8-9/h1,3-8H,(H2,14,17). The minimum atomic E-state index is -0.593. The van der Waals surface area contributed by atoms with E-state index in [0.29, 0.717) is 5.56 Å². The monoisotopic (exact) mass is 223 g/mol. The molecule has 0 bridgehead atoms. The highest BCUT2D eigenvalue weighted by atomic mass is 16.1. The number of nitrogens with zero attached hydrogens (tertiary/aromatic N) is 2. The van der Waals surface area contributed by atoms with E-state index in [-0.39, 0.29) is 11.3 Å². The molecule has 0 saturated carbocycles. The maximum absolute atomic E-state index is 11.4. The Morgan fingerprint density at radius 1 is 1.35 bits per heavy atom. The summed E-state index contributed by atoms with van der Waals surface area (Å²) >= 11 is 0. The first-order chi connectivity index (χ1) is 8.24. The number of nitrogens with two attached hydrogens (primary N) is 1. The van der Waals surface area contributed by atoms with Crippen molar-refractivity contribution in [1.82, 2.24) is 9.97 Å². The van der Waals surface area contributed by atoms with E-state index < -0.39 is 5.91 Å². The summed E-state index contributed by atoms with van der Waals surface area (Å²) in [5.74, 6) is 1.76. The molecule has 4 heteroatoms. The molecule has 2 aromatic heterocycles. The molecule has 17 heavy (non-hydrogen) atoms. The van der Waals surface area contributed by atoms with Gasteiger partial charge < -0.3 is 5.73 Å². The van der Waals surface area contributed by atoms with E-state index in [4.69, 9.17) is 12.2 Å². The topological polar surface area (TPSA) is 68.9 Å². The Labute approximate surface area is 98.5 Å². The van der Waals surface area contributed by atoms with Crippen LogP contribution in [-0.2, 0) is 0 Å². The predicted octanol–water partition coefficient (Wildman–Crippen LogP) is 1.22. The van der Waals surface area contributed by atoms with Crippen LogP contribution in [0, 0.1) is 12.3 Å². The van der Waals surface area contributed by atoms with Crippen LogP contribution in [0.25, 0.3) is 11.1 Å². The van der Waals surface area contributed by atoms with Gasteiger partial charge >= 0.3 is 0 Å². The van der Waals surface area contributed by atoms with E-state index in [1.807, 2.05) is 6.07 Å². The summed E-state index contributed by atoms with van der Waals surface area (Å²) < 4.78 is 0. The average Bonchev–Trinajstić information content (AvgIpc) is 2.38. The second kappa shape index (κ2) is 4.45. The van der Waals surface area contributed by atoms with Gasteiger partial charge in [-0.3, -0.25) is 9.78 Å². The van der Waals surface area contributed by atoms with E-state index in [1.165, 1.54) is 0 Å². The van der Waals surface area contributed by atoms with Gasteiger partial charge in [0.1, 0.15) is 5.69 Å². The SMILES string of the molecule is C#Cc1nccc(-c2cccnc2)c1C(N)=O. The van der Waals surface area contributed by atoms with Crippen LogP contribution in [0.5, 0.6) is 0 Å². The van der Waals surface area contributed by atoms with Gasteiger partial charge in [0.05, 0.1) is 5.56 Å². The van der Waals surface area contributed by atoms with Crippen molar-refractivity contribution in [1.29, 1.82) is 0 Å². The molecule has 0 saturated heterocycles. The van der Waals surface area contributed by atoms with Crippen molar-refractivity contribution >= 4 is 5.91 Å². The zero-order valence-electron chi connectivity index (χ0n) is 8.92. The first-order valence-electron chi connectivity index (χ1n) is 4.90. The lowest BCUT2D eigenvalue weighted by molar-refractivity contribution is 0.100. The Morgan fingerprint density at radius 2 is 2.18 bits per heavy atom. The van der Waals surface area contributed by atoms with Crippen LogP contribution in [0.2, 0.25) is 0 Å². The minimum Gasteiger partial charge on any atom is -0.365 e. The molecule has 0 aliphatic carbocycles. The number of pyridine rings is 2. The first-order valence-corrected chi connectivity index (χ1v) is 4.90. The highest BCUT2D eigenvalue weighted by Gasteiger charge is 2.14. The second-order valence-corrected chi connectivity index (χ2v) is 3.33. The Hall–Kier alpha value is -2.67. The van der Waals surface area contributed by atoms with Gasteiger partial charge in [-0.25, -0.2) is 4.98 Å². The predicted molar refractivity (Wildman–Crippen MR) is 63.9 cm³/mol. The maximum Gasteiger partial charge on any atom is 0.252 e. The molecule has 2 aromatic rings. The van der Waals surface area contributed by atoms with Crippen LogP contribution in [0.4, 0.5) is 0 Å². The third-order valence-corrected chi connectivity index (χ3v) is 2.31. The molecular formula is C13H9N3O. The quantitative estimate of drug-likeness (QED) is 0.778. The van der Waals surface area contributed by atoms with Gasteiger partial charge in [-0.2, -0.15) is 0 Å². The molecule has 0 aliphatic heterocycles. The molecule has 82 valence electrons. The van der Waals surface area contributed by atoms with Crippen molar-refractivity contribution in [3.05, 3.63) is 48.0 Å². The zero-order valence-corrected chi connectivity index (χ0v) is 8.92. The van der Waals surface area contributed by atoms with Gasteiger partial charge in [0.15, 0.2) is 0 Å². The Balaban J connectivity index is 2.71. The molecule has 0 radical (unpaired) electrons. The van der Waals surface area contributed by atoms with E-state index in [9.17, 15) is 4.79 Å². The Bertz CT molecular complexity index is 600. The number of hydrogen-bond donors (Lipinski definition) is 1. The largest absolute Gasteiger partial charge is 0.365 e. The molecule has 1 amide bonds. The van der Waals surface area contributed by atoms with E-state index in [1.54, 1.807) is 30.7 Å². The van der Waals surface area contributed by atoms with Crippen molar-refractivity contribution < 1.29 is 4.79 Å². The minimum absolute atomic E-state index is 0.249. The fourth-order valence-electron chi connectivity index (χ4n) is 1.58. The van der Waals surface area contributed by atoms with Crippen LogP contribution in [0.15, 0.2) is 36.8 Å².